The van der Waals surface area contributed by atoms with Gasteiger partial charge >= 0.3 is 5.97 Å². The summed E-state index contributed by atoms with van der Waals surface area (Å²) >= 11 is 0. The quantitative estimate of drug-likeness (QED) is 0.781. The van der Waals surface area contributed by atoms with Crippen LogP contribution in [0.5, 0.6) is 0 Å². The third-order valence-corrected chi connectivity index (χ3v) is 3.45. The first kappa shape index (κ1) is 15.0. The van der Waals surface area contributed by atoms with Crippen molar-refractivity contribution in [1.82, 2.24) is 20.0 Å². The van der Waals surface area contributed by atoms with Gasteiger partial charge < -0.3 is 10.1 Å². The molecule has 112 valence electrons. The molecule has 0 bridgehead atoms. The van der Waals surface area contributed by atoms with Crippen molar-refractivity contribution in [2.24, 2.45) is 0 Å². The number of aryl methyl sites for hydroxylation is 1. The second kappa shape index (κ2) is 7.40. The minimum atomic E-state index is -0.331. The molecule has 0 radical (unpaired) electrons. The standard InChI is InChI=1S/C14H24N4O2/c1-3-7-18-11-12(10-16-18)13(14(19)20-4-2)17-8-5-15-6-9-17/h10-11,13,15H,3-9H2,1-2H3. The molecule has 20 heavy (non-hydrogen) atoms. The summed E-state index contributed by atoms with van der Waals surface area (Å²) in [5.41, 5.74) is 0.929. The summed E-state index contributed by atoms with van der Waals surface area (Å²) < 4.78 is 7.14. The molecule has 1 fully saturated rings. The van der Waals surface area contributed by atoms with E-state index in [1.165, 1.54) is 0 Å². The van der Waals surface area contributed by atoms with Crippen LogP contribution in [-0.2, 0) is 16.1 Å². The van der Waals surface area contributed by atoms with Gasteiger partial charge in [0.05, 0.1) is 12.8 Å². The lowest BCUT2D eigenvalue weighted by molar-refractivity contribution is -0.150. The molecule has 0 spiro atoms. The summed E-state index contributed by atoms with van der Waals surface area (Å²) in [5.74, 6) is -0.176. The number of piperazine rings is 1. The van der Waals surface area contributed by atoms with Gasteiger partial charge in [-0.05, 0) is 13.3 Å². The summed E-state index contributed by atoms with van der Waals surface area (Å²) in [6.07, 6.45) is 4.78. The summed E-state index contributed by atoms with van der Waals surface area (Å²) in [7, 11) is 0. The molecular weight excluding hydrogens is 256 g/mol. The topological polar surface area (TPSA) is 59.4 Å². The van der Waals surface area contributed by atoms with Crippen molar-refractivity contribution in [2.45, 2.75) is 32.9 Å². The maximum Gasteiger partial charge on any atom is 0.328 e. The zero-order chi connectivity index (χ0) is 14.4. The summed E-state index contributed by atoms with van der Waals surface area (Å²) in [5, 5.41) is 7.63. The van der Waals surface area contributed by atoms with Crippen LogP contribution < -0.4 is 5.32 Å². The average Bonchev–Trinajstić information content (AvgIpc) is 2.89. The van der Waals surface area contributed by atoms with Gasteiger partial charge in [-0.25, -0.2) is 4.79 Å². The minimum absolute atomic E-state index is 0.176. The number of carbonyl (C=O) groups is 1. The van der Waals surface area contributed by atoms with E-state index in [-0.39, 0.29) is 12.0 Å². The summed E-state index contributed by atoms with van der Waals surface area (Å²) in [4.78, 5) is 14.5. The minimum Gasteiger partial charge on any atom is -0.465 e. The molecule has 0 saturated carbocycles. The fourth-order valence-corrected chi connectivity index (χ4v) is 2.53. The van der Waals surface area contributed by atoms with Crippen LogP contribution in [0.15, 0.2) is 12.4 Å². The van der Waals surface area contributed by atoms with Gasteiger partial charge in [0.1, 0.15) is 6.04 Å². The van der Waals surface area contributed by atoms with Crippen LogP contribution >= 0.6 is 0 Å². The van der Waals surface area contributed by atoms with Crippen LogP contribution in [-0.4, -0.2) is 53.4 Å². The number of hydrogen-bond donors (Lipinski definition) is 1. The lowest BCUT2D eigenvalue weighted by atomic mass is 10.1. The van der Waals surface area contributed by atoms with Crippen molar-refractivity contribution in [3.63, 3.8) is 0 Å². The maximum atomic E-state index is 12.3. The highest BCUT2D eigenvalue weighted by molar-refractivity contribution is 5.77. The van der Waals surface area contributed by atoms with Crippen LogP contribution in [0, 0.1) is 0 Å². The molecule has 1 aliphatic rings. The van der Waals surface area contributed by atoms with Gasteiger partial charge in [-0.1, -0.05) is 6.92 Å². The van der Waals surface area contributed by atoms with Gasteiger partial charge in [0.2, 0.25) is 0 Å². The van der Waals surface area contributed by atoms with E-state index < -0.39 is 0 Å². The number of hydrogen-bond acceptors (Lipinski definition) is 5. The van der Waals surface area contributed by atoms with E-state index in [4.69, 9.17) is 4.74 Å². The highest BCUT2D eigenvalue weighted by Gasteiger charge is 2.30. The molecule has 1 aromatic rings. The Morgan fingerprint density at radius 3 is 2.85 bits per heavy atom. The predicted molar refractivity (Wildman–Crippen MR) is 76.3 cm³/mol. The number of rotatable bonds is 6. The first-order chi connectivity index (χ1) is 9.76. The van der Waals surface area contributed by atoms with Gasteiger partial charge in [0.25, 0.3) is 0 Å². The number of carbonyl (C=O) groups excluding carboxylic acids is 1. The Balaban J connectivity index is 2.17. The van der Waals surface area contributed by atoms with E-state index in [1.807, 2.05) is 17.8 Å². The Hall–Kier alpha value is -1.40. The van der Waals surface area contributed by atoms with Gasteiger partial charge in [-0.15, -0.1) is 0 Å². The molecule has 1 aliphatic heterocycles. The molecule has 6 nitrogen and oxygen atoms in total. The molecule has 1 aromatic heterocycles. The van der Waals surface area contributed by atoms with Crippen molar-refractivity contribution in [2.75, 3.05) is 32.8 Å². The van der Waals surface area contributed by atoms with Crippen LogP contribution in [0.4, 0.5) is 0 Å². The molecule has 0 amide bonds. The molecule has 0 aromatic carbocycles. The van der Waals surface area contributed by atoms with E-state index >= 15 is 0 Å². The lowest BCUT2D eigenvalue weighted by Crippen LogP contribution is -2.47. The zero-order valence-electron chi connectivity index (χ0n) is 12.3. The number of ether oxygens (including phenoxy) is 1. The molecule has 1 saturated heterocycles. The van der Waals surface area contributed by atoms with E-state index in [0.29, 0.717) is 6.61 Å². The first-order valence-corrected chi connectivity index (χ1v) is 7.40. The van der Waals surface area contributed by atoms with Crippen LogP contribution in [0.2, 0.25) is 0 Å². The van der Waals surface area contributed by atoms with Crippen LogP contribution in [0.1, 0.15) is 31.9 Å². The van der Waals surface area contributed by atoms with Crippen molar-refractivity contribution in [3.05, 3.63) is 18.0 Å². The average molecular weight is 280 g/mol. The Morgan fingerprint density at radius 1 is 1.45 bits per heavy atom. The monoisotopic (exact) mass is 280 g/mol. The van der Waals surface area contributed by atoms with Crippen molar-refractivity contribution < 1.29 is 9.53 Å². The second-order valence-corrected chi connectivity index (χ2v) is 4.98. The molecule has 1 N–H and O–H groups in total. The van der Waals surface area contributed by atoms with E-state index in [2.05, 4.69) is 22.2 Å². The van der Waals surface area contributed by atoms with Gasteiger partial charge in [-0.2, -0.15) is 5.10 Å². The summed E-state index contributed by atoms with van der Waals surface area (Å²) in [6, 6.07) is -0.331. The Morgan fingerprint density at radius 2 is 2.20 bits per heavy atom. The smallest absolute Gasteiger partial charge is 0.328 e. The zero-order valence-corrected chi connectivity index (χ0v) is 12.3. The highest BCUT2D eigenvalue weighted by atomic mass is 16.5. The molecule has 1 atom stereocenters. The number of aromatic nitrogens is 2. The Kier molecular flexibility index (Phi) is 5.55. The van der Waals surface area contributed by atoms with Crippen molar-refractivity contribution in [1.29, 1.82) is 0 Å². The van der Waals surface area contributed by atoms with Crippen molar-refractivity contribution in [3.8, 4) is 0 Å². The van der Waals surface area contributed by atoms with Crippen LogP contribution in [0.3, 0.4) is 0 Å². The predicted octanol–water partition coefficient (Wildman–Crippen LogP) is 0.802. The number of esters is 1. The SMILES string of the molecule is CCCn1cc(C(C(=O)OCC)N2CCNCC2)cn1. The molecular formula is C14H24N4O2. The molecule has 0 aliphatic carbocycles. The largest absolute Gasteiger partial charge is 0.465 e. The van der Waals surface area contributed by atoms with Gasteiger partial charge in [0, 0.05) is 44.5 Å². The Bertz CT molecular complexity index is 427. The summed E-state index contributed by atoms with van der Waals surface area (Å²) in [6.45, 7) is 8.73. The first-order valence-electron chi connectivity index (χ1n) is 7.40. The van der Waals surface area contributed by atoms with E-state index in [1.54, 1.807) is 6.20 Å². The molecule has 1 unspecified atom stereocenters. The van der Waals surface area contributed by atoms with E-state index in [0.717, 1.165) is 44.7 Å². The molecule has 2 heterocycles. The maximum absolute atomic E-state index is 12.3. The van der Waals surface area contributed by atoms with Gasteiger partial charge in [0.15, 0.2) is 0 Å². The number of nitrogens with one attached hydrogen (secondary N) is 1. The highest BCUT2D eigenvalue weighted by Crippen LogP contribution is 2.22. The lowest BCUT2D eigenvalue weighted by Gasteiger charge is -2.32. The number of nitrogens with zero attached hydrogens (tertiary/aromatic N) is 3. The fourth-order valence-electron chi connectivity index (χ4n) is 2.53. The fraction of sp³-hybridized carbons (Fsp3) is 0.714. The third-order valence-electron chi connectivity index (χ3n) is 3.45. The molecule has 2 rings (SSSR count). The second-order valence-electron chi connectivity index (χ2n) is 4.98. The van der Waals surface area contributed by atoms with E-state index in [9.17, 15) is 4.79 Å². The molecule has 6 heteroatoms. The Labute approximate surface area is 120 Å². The van der Waals surface area contributed by atoms with Crippen molar-refractivity contribution >= 4 is 5.97 Å². The third kappa shape index (κ3) is 3.58. The van der Waals surface area contributed by atoms with Gasteiger partial charge in [-0.3, -0.25) is 9.58 Å². The van der Waals surface area contributed by atoms with Crippen LogP contribution in [0.25, 0.3) is 0 Å². The normalized spacial score (nSPS) is 17.9.